The molecular weight excluding hydrogens is 160 g/mol. The predicted octanol–water partition coefficient (Wildman–Crippen LogP) is 1.39. The van der Waals surface area contributed by atoms with Gasteiger partial charge in [0.15, 0.2) is 0 Å². The lowest BCUT2D eigenvalue weighted by molar-refractivity contribution is -0.176. The van der Waals surface area contributed by atoms with Crippen molar-refractivity contribution in [3.05, 3.63) is 0 Å². The third-order valence-corrected chi connectivity index (χ3v) is 1.45. The van der Waals surface area contributed by atoms with E-state index in [1.165, 1.54) is 0 Å². The van der Waals surface area contributed by atoms with Gasteiger partial charge in [0.05, 0.1) is 5.08 Å². The van der Waals surface area contributed by atoms with Crippen LogP contribution in [-0.4, -0.2) is 15.6 Å². The van der Waals surface area contributed by atoms with E-state index in [1.807, 2.05) is 10.8 Å². The van der Waals surface area contributed by atoms with Crippen LogP contribution in [0.2, 0.25) is 0 Å². The second-order valence-electron chi connectivity index (χ2n) is 0.589. The molecule has 0 aliphatic rings. The molecule has 0 atom stereocenters. The standard InChI is InChI=1S/C3H2N2S2.H2O2/c4-1-6-3-7-2-5;1-2/h3H2;1-2H. The van der Waals surface area contributed by atoms with Gasteiger partial charge in [-0.3, -0.25) is 10.5 Å². The van der Waals surface area contributed by atoms with Crippen LogP contribution in [0.1, 0.15) is 0 Å². The number of nitriles is 2. The van der Waals surface area contributed by atoms with E-state index < -0.39 is 0 Å². The normalized spacial score (nSPS) is 5.78. The van der Waals surface area contributed by atoms with Crippen molar-refractivity contribution in [3.63, 3.8) is 0 Å². The first-order valence-electron chi connectivity index (χ1n) is 1.63. The monoisotopic (exact) mass is 164 g/mol. The summed E-state index contributed by atoms with van der Waals surface area (Å²) in [5.74, 6) is 0. The summed E-state index contributed by atoms with van der Waals surface area (Å²) in [6.07, 6.45) is 0. The number of thiocyanates is 2. The van der Waals surface area contributed by atoms with Crippen LogP contribution in [-0.2, 0) is 0 Å². The summed E-state index contributed by atoms with van der Waals surface area (Å²) in [6, 6.07) is 0. The summed E-state index contributed by atoms with van der Waals surface area (Å²) in [7, 11) is 0. The average molecular weight is 164 g/mol. The highest BCUT2D eigenvalue weighted by atomic mass is 32.2. The lowest BCUT2D eigenvalue weighted by Crippen LogP contribution is -1.56. The van der Waals surface area contributed by atoms with Crippen molar-refractivity contribution in [2.24, 2.45) is 0 Å². The molecule has 0 rings (SSSR count). The van der Waals surface area contributed by atoms with Gasteiger partial charge in [-0.1, -0.05) is 0 Å². The maximum atomic E-state index is 7.88. The van der Waals surface area contributed by atoms with Crippen LogP contribution >= 0.6 is 23.5 Å². The third-order valence-electron chi connectivity index (χ3n) is 0.247. The van der Waals surface area contributed by atoms with Crippen LogP contribution in [0.15, 0.2) is 0 Å². The maximum absolute atomic E-state index is 7.88. The smallest absolute Gasteiger partial charge is 0.134 e. The van der Waals surface area contributed by atoms with Gasteiger partial charge in [-0.05, 0) is 23.5 Å². The molecule has 2 N–H and O–H groups in total. The zero-order valence-corrected chi connectivity index (χ0v) is 5.95. The van der Waals surface area contributed by atoms with Crippen LogP contribution in [0.25, 0.3) is 0 Å². The Morgan fingerprint density at radius 3 is 1.67 bits per heavy atom. The highest BCUT2D eigenvalue weighted by Crippen LogP contribution is 2.06. The summed E-state index contributed by atoms with van der Waals surface area (Å²) >= 11 is 2.16. The van der Waals surface area contributed by atoms with Gasteiger partial charge in [0.2, 0.25) is 0 Å². The van der Waals surface area contributed by atoms with Gasteiger partial charge in [-0.25, -0.2) is 0 Å². The zero-order chi connectivity index (χ0) is 7.54. The number of hydrogen-bond donors (Lipinski definition) is 2. The van der Waals surface area contributed by atoms with E-state index in [9.17, 15) is 0 Å². The molecule has 0 heterocycles. The molecule has 0 aliphatic carbocycles. The molecule has 6 heteroatoms. The Bertz CT molecular complexity index is 102. The Balaban J connectivity index is 0. The van der Waals surface area contributed by atoms with Crippen LogP contribution in [0.5, 0.6) is 0 Å². The zero-order valence-electron chi connectivity index (χ0n) is 4.31. The topological polar surface area (TPSA) is 88.0 Å². The largest absolute Gasteiger partial charge is 0.255 e. The van der Waals surface area contributed by atoms with Crippen molar-refractivity contribution in [2.45, 2.75) is 0 Å². The molecule has 0 amide bonds. The van der Waals surface area contributed by atoms with Gasteiger partial charge in [-0.15, -0.1) is 0 Å². The quantitative estimate of drug-likeness (QED) is 0.211. The molecule has 0 aliphatic heterocycles. The van der Waals surface area contributed by atoms with Gasteiger partial charge in [-0.2, -0.15) is 10.5 Å². The second kappa shape index (κ2) is 15.6. The van der Waals surface area contributed by atoms with Gasteiger partial charge >= 0.3 is 0 Å². The van der Waals surface area contributed by atoms with Gasteiger partial charge in [0.25, 0.3) is 0 Å². The Morgan fingerprint density at radius 1 is 1.11 bits per heavy atom. The second-order valence-corrected chi connectivity index (χ2v) is 2.47. The first-order valence-corrected chi connectivity index (χ1v) is 3.60. The SMILES string of the molecule is N#CSCSC#N.OO. The average Bonchev–Trinajstić information content (AvgIpc) is 1.94. The highest BCUT2D eigenvalue weighted by molar-refractivity contribution is 8.20. The summed E-state index contributed by atoms with van der Waals surface area (Å²) in [4.78, 5) is 0. The van der Waals surface area contributed by atoms with Crippen LogP contribution in [0.3, 0.4) is 0 Å². The third kappa shape index (κ3) is 18.4. The molecular formula is C3H4N2O2S2. The summed E-state index contributed by atoms with van der Waals surface area (Å²) in [5, 5.41) is 32.0. The fourth-order valence-electron chi connectivity index (χ4n) is 0.0822. The molecule has 9 heavy (non-hydrogen) atoms. The maximum Gasteiger partial charge on any atom is 0.134 e. The molecule has 0 aromatic rings. The van der Waals surface area contributed by atoms with Crippen molar-refractivity contribution in [1.82, 2.24) is 0 Å². The number of nitrogens with zero attached hydrogens (tertiary/aromatic N) is 2. The van der Waals surface area contributed by atoms with Crippen LogP contribution in [0, 0.1) is 21.3 Å². The summed E-state index contributed by atoms with van der Waals surface area (Å²) in [5.41, 5.74) is 0. The molecule has 0 fully saturated rings. The number of hydrogen-bond acceptors (Lipinski definition) is 6. The minimum atomic E-state index is 0.549. The van der Waals surface area contributed by atoms with E-state index in [4.69, 9.17) is 21.0 Å². The van der Waals surface area contributed by atoms with Gasteiger partial charge in [0, 0.05) is 0 Å². The lowest BCUT2D eigenvalue weighted by Gasteiger charge is -1.74. The molecule has 4 nitrogen and oxygen atoms in total. The molecule has 0 aromatic carbocycles. The molecule has 0 radical (unpaired) electrons. The molecule has 0 aromatic heterocycles. The molecule has 0 saturated heterocycles. The predicted molar refractivity (Wildman–Crippen MR) is 36.5 cm³/mol. The van der Waals surface area contributed by atoms with Gasteiger partial charge in [0.1, 0.15) is 10.8 Å². The van der Waals surface area contributed by atoms with Crippen molar-refractivity contribution in [1.29, 1.82) is 10.5 Å². The van der Waals surface area contributed by atoms with Crippen LogP contribution < -0.4 is 0 Å². The summed E-state index contributed by atoms with van der Waals surface area (Å²) in [6.45, 7) is 0. The Labute approximate surface area is 61.0 Å². The van der Waals surface area contributed by atoms with E-state index in [1.54, 1.807) is 0 Å². The highest BCUT2D eigenvalue weighted by Gasteiger charge is 1.80. The first-order chi connectivity index (χ1) is 4.41. The Hall–Kier alpha value is -0.400. The number of rotatable bonds is 2. The first kappa shape index (κ1) is 11.4. The van der Waals surface area contributed by atoms with Crippen molar-refractivity contribution >= 4 is 23.5 Å². The van der Waals surface area contributed by atoms with Crippen molar-refractivity contribution < 1.29 is 10.5 Å². The number of thioether (sulfide) groups is 2. The lowest BCUT2D eigenvalue weighted by atomic mass is 11.8. The molecule has 0 spiro atoms. The molecule has 50 valence electrons. The minimum Gasteiger partial charge on any atom is -0.255 e. The Morgan fingerprint density at radius 2 is 1.44 bits per heavy atom. The van der Waals surface area contributed by atoms with E-state index in [-0.39, 0.29) is 0 Å². The molecule has 0 unspecified atom stereocenters. The molecule has 0 saturated carbocycles. The van der Waals surface area contributed by atoms with Crippen molar-refractivity contribution in [2.75, 3.05) is 5.08 Å². The van der Waals surface area contributed by atoms with Gasteiger partial charge < -0.3 is 0 Å². The van der Waals surface area contributed by atoms with E-state index in [0.29, 0.717) is 5.08 Å². The fraction of sp³-hybridized carbons (Fsp3) is 0.333. The fourth-order valence-corrected chi connectivity index (χ4v) is 0.740. The summed E-state index contributed by atoms with van der Waals surface area (Å²) < 4.78 is 0. The van der Waals surface area contributed by atoms with Crippen molar-refractivity contribution in [3.8, 4) is 10.8 Å². The van der Waals surface area contributed by atoms with E-state index in [2.05, 4.69) is 0 Å². The Kier molecular flexibility index (Phi) is 19.8. The van der Waals surface area contributed by atoms with Crippen LogP contribution in [0.4, 0.5) is 0 Å². The van der Waals surface area contributed by atoms with E-state index >= 15 is 0 Å². The molecule has 0 bridgehead atoms. The minimum absolute atomic E-state index is 0.549. The van der Waals surface area contributed by atoms with E-state index in [0.717, 1.165) is 23.5 Å².